The number of carboxylic acids is 1. The molecule has 1 amide bonds. The highest BCUT2D eigenvalue weighted by atomic mass is 16.5. The van der Waals surface area contributed by atoms with E-state index in [-0.39, 0.29) is 6.42 Å². The van der Waals surface area contributed by atoms with Gasteiger partial charge in [0.2, 0.25) is 0 Å². The molecule has 0 aliphatic carbocycles. The molecule has 0 bridgehead atoms. The Morgan fingerprint density at radius 1 is 1.14 bits per heavy atom. The van der Waals surface area contributed by atoms with Crippen molar-refractivity contribution in [1.29, 1.82) is 0 Å². The molecule has 6 nitrogen and oxygen atoms in total. The number of hydrogen-bond acceptors (Lipinski definition) is 4. The van der Waals surface area contributed by atoms with Crippen molar-refractivity contribution in [3.63, 3.8) is 0 Å². The molecule has 2 rings (SSSR count). The van der Waals surface area contributed by atoms with Gasteiger partial charge in [0.15, 0.2) is 5.60 Å². The van der Waals surface area contributed by atoms with Crippen LogP contribution in [0.5, 0.6) is 5.75 Å². The van der Waals surface area contributed by atoms with Crippen LogP contribution in [0, 0.1) is 13.8 Å². The van der Waals surface area contributed by atoms with Crippen LogP contribution in [0.2, 0.25) is 0 Å². The minimum absolute atomic E-state index is 0.222. The number of benzene rings is 2. The molecule has 152 valence electrons. The van der Waals surface area contributed by atoms with E-state index < -0.39 is 17.5 Å². The van der Waals surface area contributed by atoms with Gasteiger partial charge in [0.1, 0.15) is 12.4 Å². The molecule has 0 saturated carbocycles. The van der Waals surface area contributed by atoms with E-state index >= 15 is 0 Å². The van der Waals surface area contributed by atoms with Crippen LogP contribution < -0.4 is 10.5 Å². The number of nitrogens with two attached hydrogens (primary N) is 1. The van der Waals surface area contributed by atoms with E-state index in [1.165, 1.54) is 7.11 Å². The lowest BCUT2D eigenvalue weighted by Gasteiger charge is -2.27. The Balaban J connectivity index is 0.000000696. The smallest absolute Gasteiger partial charge is 0.303 e. The normalized spacial score (nSPS) is 12.3. The van der Waals surface area contributed by atoms with Crippen molar-refractivity contribution in [2.45, 2.75) is 46.3 Å². The Labute approximate surface area is 166 Å². The van der Waals surface area contributed by atoms with Gasteiger partial charge in [-0.25, -0.2) is 0 Å². The Bertz CT molecular complexity index is 818. The zero-order valence-electron chi connectivity index (χ0n) is 17.1. The van der Waals surface area contributed by atoms with E-state index in [1.807, 2.05) is 56.3 Å². The van der Waals surface area contributed by atoms with Gasteiger partial charge in [0, 0.05) is 13.5 Å². The standard InChI is InChI=1S/C19H23NO3.C3H6O2/c1-13-9-10-14(2)17(11-13)23-12-15-7-5-6-8-16(15)19(3,22-4)18(20)21;1-2-3(4)5/h5-11H,12H2,1-4H3,(H2,20,21);2H2,1H3,(H,4,5)/t19-;/m1./s1. The van der Waals surface area contributed by atoms with Crippen molar-refractivity contribution in [1.82, 2.24) is 0 Å². The number of hydrogen-bond donors (Lipinski definition) is 2. The summed E-state index contributed by atoms with van der Waals surface area (Å²) < 4.78 is 11.3. The van der Waals surface area contributed by atoms with Crippen molar-refractivity contribution in [2.24, 2.45) is 5.73 Å². The summed E-state index contributed by atoms with van der Waals surface area (Å²) in [4.78, 5) is 21.2. The van der Waals surface area contributed by atoms with Crippen molar-refractivity contribution >= 4 is 11.9 Å². The van der Waals surface area contributed by atoms with E-state index in [1.54, 1.807) is 13.8 Å². The number of aliphatic carboxylic acids is 1. The zero-order chi connectivity index (χ0) is 21.3. The maximum atomic E-state index is 11.8. The second-order valence-electron chi connectivity index (χ2n) is 6.56. The summed E-state index contributed by atoms with van der Waals surface area (Å²) >= 11 is 0. The first-order chi connectivity index (χ1) is 13.2. The minimum atomic E-state index is -1.18. The van der Waals surface area contributed by atoms with Gasteiger partial charge in [-0.05, 0) is 49.1 Å². The molecular weight excluding hydrogens is 358 g/mol. The number of amides is 1. The number of methoxy groups -OCH3 is 1. The van der Waals surface area contributed by atoms with E-state index in [9.17, 15) is 9.59 Å². The van der Waals surface area contributed by atoms with E-state index in [2.05, 4.69) is 0 Å². The Morgan fingerprint density at radius 2 is 1.75 bits per heavy atom. The molecule has 2 aromatic rings. The largest absolute Gasteiger partial charge is 0.489 e. The van der Waals surface area contributed by atoms with Crippen LogP contribution in [0.15, 0.2) is 42.5 Å². The molecule has 3 N–H and O–H groups in total. The molecular formula is C22H29NO5. The summed E-state index contributed by atoms with van der Waals surface area (Å²) in [6, 6.07) is 13.6. The number of primary amides is 1. The summed E-state index contributed by atoms with van der Waals surface area (Å²) in [5.74, 6) is -0.442. The van der Waals surface area contributed by atoms with Crippen LogP contribution in [0.25, 0.3) is 0 Å². The SMILES string of the molecule is CCC(=O)O.CO[C@@](C)(C(N)=O)c1ccccc1COc1cc(C)ccc1C. The monoisotopic (exact) mass is 387 g/mol. The molecule has 0 aliphatic rings. The van der Waals surface area contributed by atoms with Crippen molar-refractivity contribution in [3.05, 3.63) is 64.7 Å². The summed E-state index contributed by atoms with van der Waals surface area (Å²) in [5, 5.41) is 7.72. The quantitative estimate of drug-likeness (QED) is 0.754. The zero-order valence-corrected chi connectivity index (χ0v) is 17.1. The number of aryl methyl sites for hydroxylation is 2. The average molecular weight is 387 g/mol. The fourth-order valence-corrected chi connectivity index (χ4v) is 2.47. The highest BCUT2D eigenvalue weighted by molar-refractivity contribution is 5.85. The van der Waals surface area contributed by atoms with E-state index in [0.29, 0.717) is 6.61 Å². The average Bonchev–Trinajstić information content (AvgIpc) is 2.68. The predicted molar refractivity (Wildman–Crippen MR) is 108 cm³/mol. The first-order valence-electron chi connectivity index (χ1n) is 9.01. The van der Waals surface area contributed by atoms with Gasteiger partial charge in [-0.1, -0.05) is 43.3 Å². The minimum Gasteiger partial charge on any atom is -0.489 e. The molecule has 0 spiro atoms. The molecule has 2 aromatic carbocycles. The Morgan fingerprint density at radius 3 is 2.29 bits per heavy atom. The van der Waals surface area contributed by atoms with Crippen molar-refractivity contribution < 1.29 is 24.2 Å². The summed E-state index contributed by atoms with van der Waals surface area (Å²) in [6.45, 7) is 7.64. The number of carbonyl (C=O) groups excluding carboxylic acids is 1. The molecule has 0 unspecified atom stereocenters. The van der Waals surface area contributed by atoms with Crippen molar-refractivity contribution in [3.8, 4) is 5.75 Å². The first kappa shape index (κ1) is 23.2. The van der Waals surface area contributed by atoms with Crippen LogP contribution in [-0.4, -0.2) is 24.1 Å². The predicted octanol–water partition coefficient (Wildman–Crippen LogP) is 3.71. The van der Waals surface area contributed by atoms with Gasteiger partial charge >= 0.3 is 5.97 Å². The number of rotatable bonds is 7. The fourth-order valence-electron chi connectivity index (χ4n) is 2.47. The topological polar surface area (TPSA) is 98.9 Å². The summed E-state index contributed by atoms with van der Waals surface area (Å²) in [7, 11) is 1.48. The number of carboxylic acid groups (broad SMARTS) is 1. The van der Waals surface area contributed by atoms with Gasteiger partial charge in [-0.2, -0.15) is 0 Å². The third-order valence-electron chi connectivity index (χ3n) is 4.44. The molecule has 0 fully saturated rings. The van der Waals surface area contributed by atoms with Crippen LogP contribution in [0.4, 0.5) is 0 Å². The summed E-state index contributed by atoms with van der Waals surface area (Å²) in [6.07, 6.45) is 0.222. The lowest BCUT2D eigenvalue weighted by Crippen LogP contribution is -2.41. The van der Waals surface area contributed by atoms with Gasteiger partial charge < -0.3 is 20.3 Å². The van der Waals surface area contributed by atoms with Crippen LogP contribution >= 0.6 is 0 Å². The van der Waals surface area contributed by atoms with Crippen LogP contribution in [0.1, 0.15) is 42.5 Å². The molecule has 1 atom stereocenters. The fraction of sp³-hybridized carbons (Fsp3) is 0.364. The van der Waals surface area contributed by atoms with Gasteiger partial charge in [-0.15, -0.1) is 0 Å². The highest BCUT2D eigenvalue weighted by Crippen LogP contribution is 2.29. The first-order valence-corrected chi connectivity index (χ1v) is 9.01. The van der Waals surface area contributed by atoms with Crippen LogP contribution in [-0.2, 0) is 26.5 Å². The second-order valence-corrected chi connectivity index (χ2v) is 6.56. The maximum absolute atomic E-state index is 11.8. The third kappa shape index (κ3) is 6.09. The van der Waals surface area contributed by atoms with Crippen LogP contribution in [0.3, 0.4) is 0 Å². The number of ether oxygens (including phenoxy) is 2. The molecule has 0 aliphatic heterocycles. The highest BCUT2D eigenvalue weighted by Gasteiger charge is 2.35. The Kier molecular flexibility index (Phi) is 8.67. The molecule has 28 heavy (non-hydrogen) atoms. The molecule has 0 saturated heterocycles. The molecule has 6 heteroatoms. The Hall–Kier alpha value is -2.86. The maximum Gasteiger partial charge on any atom is 0.303 e. The second kappa shape index (κ2) is 10.5. The number of carbonyl (C=O) groups is 2. The van der Waals surface area contributed by atoms with E-state index in [0.717, 1.165) is 28.0 Å². The van der Waals surface area contributed by atoms with Crippen molar-refractivity contribution in [2.75, 3.05) is 7.11 Å². The van der Waals surface area contributed by atoms with E-state index in [4.69, 9.17) is 20.3 Å². The van der Waals surface area contributed by atoms with Gasteiger partial charge in [-0.3, -0.25) is 9.59 Å². The van der Waals surface area contributed by atoms with Gasteiger partial charge in [0.05, 0.1) is 0 Å². The lowest BCUT2D eigenvalue weighted by molar-refractivity contribution is -0.139. The van der Waals surface area contributed by atoms with Gasteiger partial charge in [0.25, 0.3) is 5.91 Å². The molecule has 0 aromatic heterocycles. The third-order valence-corrected chi connectivity index (χ3v) is 4.44. The summed E-state index contributed by atoms with van der Waals surface area (Å²) in [5.41, 5.74) is 8.15. The molecule has 0 radical (unpaired) electrons. The lowest BCUT2D eigenvalue weighted by atomic mass is 9.91. The molecule has 0 heterocycles.